The van der Waals surface area contributed by atoms with Crippen molar-refractivity contribution in [3.63, 3.8) is 0 Å². The molecular weight excluding hydrogens is 378 g/mol. The molecule has 0 amide bonds. The number of ether oxygens (including phenoxy) is 1. The van der Waals surface area contributed by atoms with Crippen LogP contribution in [0.4, 0.5) is 0 Å². The predicted molar refractivity (Wildman–Crippen MR) is 81.1 cm³/mol. The molecule has 1 unspecified atom stereocenters. The van der Waals surface area contributed by atoms with E-state index in [9.17, 15) is 0 Å². The van der Waals surface area contributed by atoms with Crippen LogP contribution in [0.1, 0.15) is 29.0 Å². The van der Waals surface area contributed by atoms with Crippen molar-refractivity contribution >= 4 is 43.2 Å². The van der Waals surface area contributed by atoms with Gasteiger partial charge in [0.05, 0.1) is 3.79 Å². The van der Waals surface area contributed by atoms with Crippen LogP contribution in [0.25, 0.3) is 0 Å². The standard InChI is InChI=1S/C13H11Br2NOS/c14-8-5-12(18-13(8)15)11-6-9(16)7-3-1-2-4-10(7)17-11/h1-5,9,11H,6,16H2/t9-,11?/m0/s1. The summed E-state index contributed by atoms with van der Waals surface area (Å²) in [7, 11) is 0. The van der Waals surface area contributed by atoms with Crippen LogP contribution in [0, 0.1) is 0 Å². The second kappa shape index (κ2) is 4.96. The third-order valence-electron chi connectivity index (χ3n) is 3.04. The first-order valence-electron chi connectivity index (χ1n) is 5.61. The molecule has 1 aliphatic rings. The first kappa shape index (κ1) is 12.7. The molecule has 1 aromatic carbocycles. The molecule has 94 valence electrons. The zero-order chi connectivity index (χ0) is 12.7. The highest BCUT2D eigenvalue weighted by molar-refractivity contribution is 9.13. The maximum atomic E-state index is 6.22. The van der Waals surface area contributed by atoms with E-state index in [1.807, 2.05) is 24.3 Å². The smallest absolute Gasteiger partial charge is 0.135 e. The van der Waals surface area contributed by atoms with E-state index in [-0.39, 0.29) is 12.1 Å². The van der Waals surface area contributed by atoms with Gasteiger partial charge in [0.15, 0.2) is 0 Å². The number of hydrogen-bond acceptors (Lipinski definition) is 3. The summed E-state index contributed by atoms with van der Waals surface area (Å²) in [4.78, 5) is 1.19. The summed E-state index contributed by atoms with van der Waals surface area (Å²) in [5.74, 6) is 0.905. The van der Waals surface area contributed by atoms with E-state index in [1.165, 1.54) is 4.88 Å². The van der Waals surface area contributed by atoms with E-state index < -0.39 is 0 Å². The minimum atomic E-state index is 0.0413. The molecule has 0 aliphatic carbocycles. The summed E-state index contributed by atoms with van der Waals surface area (Å²) in [6.45, 7) is 0. The lowest BCUT2D eigenvalue weighted by Crippen LogP contribution is -2.23. The number of nitrogens with two attached hydrogens (primary N) is 1. The Morgan fingerprint density at radius 3 is 2.78 bits per heavy atom. The van der Waals surface area contributed by atoms with Crippen LogP contribution in [0.5, 0.6) is 5.75 Å². The highest BCUT2D eigenvalue weighted by Crippen LogP contribution is 2.44. The minimum absolute atomic E-state index is 0.0413. The van der Waals surface area contributed by atoms with Crippen LogP contribution >= 0.6 is 43.2 Å². The van der Waals surface area contributed by atoms with Gasteiger partial charge >= 0.3 is 0 Å². The van der Waals surface area contributed by atoms with E-state index in [0.717, 1.165) is 26.0 Å². The van der Waals surface area contributed by atoms with Crippen LogP contribution in [-0.2, 0) is 0 Å². The predicted octanol–water partition coefficient (Wildman–Crippen LogP) is 4.80. The van der Waals surface area contributed by atoms with E-state index in [2.05, 4.69) is 37.9 Å². The van der Waals surface area contributed by atoms with Crippen molar-refractivity contribution in [2.24, 2.45) is 5.73 Å². The monoisotopic (exact) mass is 387 g/mol. The van der Waals surface area contributed by atoms with E-state index in [4.69, 9.17) is 10.5 Å². The van der Waals surface area contributed by atoms with Crippen molar-refractivity contribution in [2.45, 2.75) is 18.6 Å². The molecule has 2 nitrogen and oxygen atoms in total. The Balaban J connectivity index is 1.94. The lowest BCUT2D eigenvalue weighted by atomic mass is 9.97. The van der Waals surface area contributed by atoms with E-state index in [1.54, 1.807) is 11.3 Å². The number of hydrogen-bond donors (Lipinski definition) is 1. The Hall–Kier alpha value is -0.360. The normalized spacial score (nSPS) is 22.4. The summed E-state index contributed by atoms with van der Waals surface area (Å²) in [5, 5.41) is 0. The number of halogens is 2. The molecular formula is C13H11Br2NOS. The lowest BCUT2D eigenvalue weighted by Gasteiger charge is -2.29. The van der Waals surface area contributed by atoms with Crippen LogP contribution in [0.2, 0.25) is 0 Å². The van der Waals surface area contributed by atoms with Crippen molar-refractivity contribution in [1.82, 2.24) is 0 Å². The highest BCUT2D eigenvalue weighted by Gasteiger charge is 2.28. The fourth-order valence-electron chi connectivity index (χ4n) is 2.15. The van der Waals surface area contributed by atoms with Crippen molar-refractivity contribution < 1.29 is 4.74 Å². The van der Waals surface area contributed by atoms with Gasteiger partial charge in [0.25, 0.3) is 0 Å². The van der Waals surface area contributed by atoms with Gasteiger partial charge in [0.2, 0.25) is 0 Å². The van der Waals surface area contributed by atoms with Crippen molar-refractivity contribution in [1.29, 1.82) is 0 Å². The summed E-state index contributed by atoms with van der Waals surface area (Å²) in [6, 6.07) is 10.1. The molecule has 0 saturated carbocycles. The Kier molecular flexibility index (Phi) is 3.49. The number of benzene rings is 1. The molecule has 0 fully saturated rings. The quantitative estimate of drug-likeness (QED) is 0.761. The molecule has 0 spiro atoms. The molecule has 2 N–H and O–H groups in total. The number of thiophene rings is 1. The van der Waals surface area contributed by atoms with Gasteiger partial charge in [-0.15, -0.1) is 11.3 Å². The molecule has 0 bridgehead atoms. The maximum absolute atomic E-state index is 6.22. The topological polar surface area (TPSA) is 35.2 Å². The van der Waals surface area contributed by atoms with Crippen molar-refractivity contribution in [2.75, 3.05) is 0 Å². The van der Waals surface area contributed by atoms with Gasteiger partial charge in [-0.2, -0.15) is 0 Å². The van der Waals surface area contributed by atoms with E-state index >= 15 is 0 Å². The first-order chi connectivity index (χ1) is 8.65. The van der Waals surface area contributed by atoms with Gasteiger partial charge in [0, 0.05) is 27.4 Å². The largest absolute Gasteiger partial charge is 0.484 e. The average Bonchev–Trinajstić information content (AvgIpc) is 2.70. The highest BCUT2D eigenvalue weighted by atomic mass is 79.9. The molecule has 1 aliphatic heterocycles. The van der Waals surface area contributed by atoms with Crippen molar-refractivity contribution in [3.8, 4) is 5.75 Å². The lowest BCUT2D eigenvalue weighted by molar-refractivity contribution is 0.165. The summed E-state index contributed by atoms with van der Waals surface area (Å²) in [5.41, 5.74) is 7.32. The Bertz CT molecular complexity index is 565. The fraction of sp³-hybridized carbons (Fsp3) is 0.231. The molecule has 2 atom stereocenters. The van der Waals surface area contributed by atoms with E-state index in [0.29, 0.717) is 0 Å². The number of para-hydroxylation sites is 1. The average molecular weight is 389 g/mol. The zero-order valence-corrected chi connectivity index (χ0v) is 13.4. The molecule has 1 aromatic heterocycles. The Morgan fingerprint density at radius 2 is 2.06 bits per heavy atom. The molecule has 3 rings (SSSR count). The molecule has 5 heteroatoms. The molecule has 0 saturated heterocycles. The molecule has 2 aromatic rings. The molecule has 2 heterocycles. The van der Waals surface area contributed by atoms with Gasteiger partial charge in [0.1, 0.15) is 11.9 Å². The summed E-state index contributed by atoms with van der Waals surface area (Å²) in [6.07, 6.45) is 0.860. The third kappa shape index (κ3) is 2.25. The molecule has 18 heavy (non-hydrogen) atoms. The number of rotatable bonds is 1. The second-order valence-electron chi connectivity index (χ2n) is 4.26. The van der Waals surface area contributed by atoms with Gasteiger partial charge in [-0.25, -0.2) is 0 Å². The van der Waals surface area contributed by atoms with Gasteiger partial charge in [-0.05, 0) is 44.0 Å². The maximum Gasteiger partial charge on any atom is 0.135 e. The van der Waals surface area contributed by atoms with Gasteiger partial charge in [-0.3, -0.25) is 0 Å². The first-order valence-corrected chi connectivity index (χ1v) is 8.01. The zero-order valence-electron chi connectivity index (χ0n) is 9.40. The van der Waals surface area contributed by atoms with Gasteiger partial charge in [-0.1, -0.05) is 18.2 Å². The van der Waals surface area contributed by atoms with Crippen LogP contribution in [0.15, 0.2) is 38.6 Å². The van der Waals surface area contributed by atoms with Crippen LogP contribution in [0.3, 0.4) is 0 Å². The Labute approximate surface area is 126 Å². The Morgan fingerprint density at radius 1 is 1.28 bits per heavy atom. The third-order valence-corrected chi connectivity index (χ3v) is 6.39. The minimum Gasteiger partial charge on any atom is -0.484 e. The SMILES string of the molecule is N[C@H]1CC(c2cc(Br)c(Br)s2)Oc2ccccc21. The summed E-state index contributed by atoms with van der Waals surface area (Å²) >= 11 is 8.71. The van der Waals surface area contributed by atoms with Gasteiger partial charge < -0.3 is 10.5 Å². The molecule has 0 radical (unpaired) electrons. The van der Waals surface area contributed by atoms with Crippen LogP contribution in [-0.4, -0.2) is 0 Å². The van der Waals surface area contributed by atoms with Crippen LogP contribution < -0.4 is 10.5 Å². The number of fused-ring (bicyclic) bond motifs is 1. The van der Waals surface area contributed by atoms with Crippen molar-refractivity contribution in [3.05, 3.63) is 49.0 Å². The second-order valence-corrected chi connectivity index (χ2v) is 7.51. The summed E-state index contributed by atoms with van der Waals surface area (Å²) < 4.78 is 8.20. The fourth-order valence-corrected chi connectivity index (χ4v) is 4.28.